The molecule has 1 saturated heterocycles. The van der Waals surface area contributed by atoms with Gasteiger partial charge in [0.25, 0.3) is 0 Å². The molecule has 1 atom stereocenters. The van der Waals surface area contributed by atoms with E-state index in [1.807, 2.05) is 0 Å². The fraction of sp³-hybridized carbons (Fsp3) is 0.308. The van der Waals surface area contributed by atoms with Gasteiger partial charge in [-0.3, -0.25) is 0 Å². The van der Waals surface area contributed by atoms with E-state index in [0.29, 0.717) is 17.9 Å². The predicted octanol–water partition coefficient (Wildman–Crippen LogP) is 0.576. The Bertz CT molecular complexity index is 755. The van der Waals surface area contributed by atoms with E-state index in [2.05, 4.69) is 20.7 Å². The van der Waals surface area contributed by atoms with Crippen LogP contribution in [-0.4, -0.2) is 46.8 Å². The highest BCUT2D eigenvalue weighted by Gasteiger charge is 2.28. The van der Waals surface area contributed by atoms with E-state index in [-0.39, 0.29) is 17.5 Å². The zero-order chi connectivity index (χ0) is 15.6. The topological polar surface area (TPSA) is 106 Å². The lowest BCUT2D eigenvalue weighted by Crippen LogP contribution is -2.38. The first-order chi connectivity index (χ1) is 10.5. The molecule has 0 aliphatic carbocycles. The van der Waals surface area contributed by atoms with Gasteiger partial charge in [-0.25, -0.2) is 22.9 Å². The van der Waals surface area contributed by atoms with Gasteiger partial charge in [-0.05, 0) is 24.6 Å². The maximum Gasteiger partial charge on any atom is 0.319 e. The van der Waals surface area contributed by atoms with Crippen molar-refractivity contribution in [2.24, 2.45) is 0 Å². The summed E-state index contributed by atoms with van der Waals surface area (Å²) in [4.78, 5) is 16.0. The highest BCUT2D eigenvalue weighted by Crippen LogP contribution is 2.12. The highest BCUT2D eigenvalue weighted by molar-refractivity contribution is 7.91. The molecular formula is C13H15N5O3S. The van der Waals surface area contributed by atoms with Crippen LogP contribution in [0.4, 0.5) is 10.5 Å². The number of rotatable bonds is 3. The number of urea groups is 1. The summed E-state index contributed by atoms with van der Waals surface area (Å²) in [5.41, 5.74) is 0.522. The van der Waals surface area contributed by atoms with Crippen LogP contribution in [0.15, 0.2) is 36.8 Å². The van der Waals surface area contributed by atoms with Gasteiger partial charge in [0.2, 0.25) is 0 Å². The number of hydrogen-bond donors (Lipinski definition) is 2. The van der Waals surface area contributed by atoms with Gasteiger partial charge >= 0.3 is 6.03 Å². The predicted molar refractivity (Wildman–Crippen MR) is 80.6 cm³/mol. The molecule has 22 heavy (non-hydrogen) atoms. The first-order valence-corrected chi connectivity index (χ1v) is 8.58. The van der Waals surface area contributed by atoms with Crippen molar-refractivity contribution < 1.29 is 13.2 Å². The van der Waals surface area contributed by atoms with Crippen molar-refractivity contribution in [2.75, 3.05) is 16.8 Å². The third kappa shape index (κ3) is 3.42. The average Bonchev–Trinajstić information content (AvgIpc) is 3.09. The lowest BCUT2D eigenvalue weighted by Gasteiger charge is -2.12. The Kier molecular flexibility index (Phi) is 3.80. The number of anilines is 1. The number of pyridine rings is 1. The molecule has 0 unspecified atom stereocenters. The van der Waals surface area contributed by atoms with Gasteiger partial charge in [0, 0.05) is 18.4 Å². The number of carbonyl (C=O) groups excluding carboxylic acids is 1. The molecule has 1 fully saturated rings. The van der Waals surface area contributed by atoms with E-state index in [1.165, 1.54) is 6.20 Å². The van der Waals surface area contributed by atoms with E-state index >= 15 is 0 Å². The molecular weight excluding hydrogens is 306 g/mol. The van der Waals surface area contributed by atoms with Crippen molar-refractivity contribution in [2.45, 2.75) is 12.5 Å². The number of amides is 2. The first-order valence-electron chi connectivity index (χ1n) is 6.76. The smallest absolute Gasteiger partial charge is 0.319 e. The van der Waals surface area contributed by atoms with E-state index in [9.17, 15) is 13.2 Å². The van der Waals surface area contributed by atoms with Crippen molar-refractivity contribution >= 4 is 21.6 Å². The summed E-state index contributed by atoms with van der Waals surface area (Å²) in [7, 11) is -3.01. The van der Waals surface area contributed by atoms with Crippen LogP contribution in [0, 0.1) is 0 Å². The second-order valence-corrected chi connectivity index (χ2v) is 7.28. The summed E-state index contributed by atoms with van der Waals surface area (Å²) in [6.45, 7) is 0. The largest absolute Gasteiger partial charge is 0.334 e. The standard InChI is InChI=1S/C13H15N5O3S/c19-13(17-11-4-7-22(20,21)9-11)16-10-2-3-12(14-8-10)18-6-1-5-15-18/h1-3,5-6,8,11H,4,7,9H2,(H2,16,17,19)/t11-/m0/s1. The Hall–Kier alpha value is -2.42. The van der Waals surface area contributed by atoms with Crippen molar-refractivity contribution in [1.82, 2.24) is 20.1 Å². The molecule has 0 aromatic carbocycles. The van der Waals surface area contributed by atoms with Crippen molar-refractivity contribution in [1.29, 1.82) is 0 Å². The lowest BCUT2D eigenvalue weighted by molar-refractivity contribution is 0.249. The maximum atomic E-state index is 11.8. The second-order valence-electron chi connectivity index (χ2n) is 5.05. The molecule has 2 amide bonds. The van der Waals surface area contributed by atoms with Crippen molar-refractivity contribution in [3.8, 4) is 5.82 Å². The van der Waals surface area contributed by atoms with Crippen LogP contribution in [0.1, 0.15) is 6.42 Å². The van der Waals surface area contributed by atoms with Crippen LogP contribution < -0.4 is 10.6 Å². The van der Waals surface area contributed by atoms with E-state index in [0.717, 1.165) is 0 Å². The van der Waals surface area contributed by atoms with Crippen molar-refractivity contribution in [3.05, 3.63) is 36.8 Å². The third-order valence-corrected chi connectivity index (χ3v) is 5.08. The summed E-state index contributed by atoms with van der Waals surface area (Å²) in [6.07, 6.45) is 5.38. The Labute approximate surface area is 127 Å². The van der Waals surface area contributed by atoms with Crippen LogP contribution in [0.25, 0.3) is 5.82 Å². The number of sulfone groups is 1. The molecule has 9 heteroatoms. The van der Waals surface area contributed by atoms with Gasteiger partial charge in [0.05, 0.1) is 23.4 Å². The molecule has 0 saturated carbocycles. The quantitative estimate of drug-likeness (QED) is 0.860. The van der Waals surface area contributed by atoms with Crippen LogP contribution in [0.3, 0.4) is 0 Å². The van der Waals surface area contributed by atoms with Crippen molar-refractivity contribution in [3.63, 3.8) is 0 Å². The Morgan fingerprint density at radius 1 is 1.36 bits per heavy atom. The Balaban J connectivity index is 1.58. The minimum atomic E-state index is -3.01. The SMILES string of the molecule is O=C(Nc1ccc(-n2cccn2)nc1)N[C@H]1CCS(=O)(=O)C1. The van der Waals surface area contributed by atoms with E-state index in [1.54, 1.807) is 35.3 Å². The molecule has 3 rings (SSSR count). The third-order valence-electron chi connectivity index (χ3n) is 3.31. The number of carbonyl (C=O) groups is 1. The summed E-state index contributed by atoms with van der Waals surface area (Å²) in [6, 6.07) is 4.45. The molecule has 2 aromatic rings. The minimum Gasteiger partial charge on any atom is -0.334 e. The molecule has 2 aromatic heterocycles. The molecule has 8 nitrogen and oxygen atoms in total. The molecule has 116 valence electrons. The summed E-state index contributed by atoms with van der Waals surface area (Å²) < 4.78 is 24.3. The summed E-state index contributed by atoms with van der Waals surface area (Å²) in [5.74, 6) is 0.757. The molecule has 1 aliphatic heterocycles. The van der Waals surface area contributed by atoms with Crippen LogP contribution in [-0.2, 0) is 9.84 Å². The lowest BCUT2D eigenvalue weighted by atomic mass is 10.3. The first kappa shape index (κ1) is 14.5. The second kappa shape index (κ2) is 5.76. The number of nitrogens with one attached hydrogen (secondary N) is 2. The van der Waals surface area contributed by atoms with Gasteiger partial charge in [-0.2, -0.15) is 5.10 Å². The summed E-state index contributed by atoms with van der Waals surface area (Å²) >= 11 is 0. The fourth-order valence-corrected chi connectivity index (χ4v) is 3.93. The minimum absolute atomic E-state index is 0.00307. The summed E-state index contributed by atoms with van der Waals surface area (Å²) in [5, 5.41) is 9.34. The maximum absolute atomic E-state index is 11.8. The molecule has 0 bridgehead atoms. The highest BCUT2D eigenvalue weighted by atomic mass is 32.2. The van der Waals surface area contributed by atoms with Crippen LogP contribution >= 0.6 is 0 Å². The fourth-order valence-electron chi connectivity index (χ4n) is 2.26. The normalized spacial score (nSPS) is 19.7. The zero-order valence-corrected chi connectivity index (χ0v) is 12.5. The number of nitrogens with zero attached hydrogens (tertiary/aromatic N) is 3. The molecule has 3 heterocycles. The Morgan fingerprint density at radius 3 is 2.82 bits per heavy atom. The van der Waals surface area contributed by atoms with Gasteiger partial charge in [0.1, 0.15) is 0 Å². The molecule has 1 aliphatic rings. The van der Waals surface area contributed by atoms with Crippen LogP contribution in [0.2, 0.25) is 0 Å². The van der Waals surface area contributed by atoms with Gasteiger partial charge in [-0.1, -0.05) is 0 Å². The monoisotopic (exact) mass is 321 g/mol. The Morgan fingerprint density at radius 2 is 2.23 bits per heavy atom. The number of hydrogen-bond acceptors (Lipinski definition) is 5. The number of aromatic nitrogens is 3. The zero-order valence-electron chi connectivity index (χ0n) is 11.6. The van der Waals surface area contributed by atoms with E-state index in [4.69, 9.17) is 0 Å². The molecule has 2 N–H and O–H groups in total. The molecule has 0 radical (unpaired) electrons. The van der Waals surface area contributed by atoms with Gasteiger partial charge in [-0.15, -0.1) is 0 Å². The van der Waals surface area contributed by atoms with E-state index < -0.39 is 15.9 Å². The average molecular weight is 321 g/mol. The van der Waals surface area contributed by atoms with Crippen LogP contribution in [0.5, 0.6) is 0 Å². The van der Waals surface area contributed by atoms with Gasteiger partial charge < -0.3 is 10.6 Å². The van der Waals surface area contributed by atoms with Gasteiger partial charge in [0.15, 0.2) is 15.7 Å². The molecule has 0 spiro atoms.